The lowest BCUT2D eigenvalue weighted by molar-refractivity contribution is -0.118. The molecule has 0 atom stereocenters. The Morgan fingerprint density at radius 1 is 1.10 bits per heavy atom. The van der Waals surface area contributed by atoms with Gasteiger partial charge >= 0.3 is 0 Å². The van der Waals surface area contributed by atoms with Crippen LogP contribution in [0.2, 0.25) is 5.02 Å². The number of benzene rings is 2. The first kappa shape index (κ1) is 13.2. The molecule has 1 amide bonds. The third-order valence-electron chi connectivity index (χ3n) is 3.88. The maximum Gasteiger partial charge on any atom is 0.235 e. The monoisotopic (exact) mass is 285 g/mol. The Labute approximate surface area is 123 Å². The number of hydrogen-bond acceptors (Lipinski definition) is 1. The van der Waals surface area contributed by atoms with Crippen molar-refractivity contribution in [3.63, 3.8) is 0 Å². The Bertz CT molecular complexity index is 644. The summed E-state index contributed by atoms with van der Waals surface area (Å²) in [5.74, 6) is 0.0365. The molecule has 1 fully saturated rings. The molecule has 2 aromatic rings. The van der Waals surface area contributed by atoms with Gasteiger partial charge in [-0.1, -0.05) is 47.5 Å². The van der Waals surface area contributed by atoms with E-state index in [9.17, 15) is 4.79 Å². The topological polar surface area (TPSA) is 29.1 Å². The minimum atomic E-state index is -0.441. The van der Waals surface area contributed by atoms with Crippen molar-refractivity contribution < 1.29 is 4.79 Å². The molecule has 0 aliphatic heterocycles. The Balaban J connectivity index is 1.84. The summed E-state index contributed by atoms with van der Waals surface area (Å²) in [6, 6.07) is 15.4. The second kappa shape index (κ2) is 4.95. The van der Waals surface area contributed by atoms with Gasteiger partial charge in [0, 0.05) is 10.7 Å². The quantitative estimate of drug-likeness (QED) is 0.894. The Hall–Kier alpha value is -1.80. The number of aryl methyl sites for hydroxylation is 1. The highest BCUT2D eigenvalue weighted by Crippen LogP contribution is 2.51. The van der Waals surface area contributed by atoms with Gasteiger partial charge in [0.05, 0.1) is 5.41 Å². The number of carbonyl (C=O) groups is 1. The molecule has 0 heterocycles. The van der Waals surface area contributed by atoms with E-state index in [1.807, 2.05) is 55.5 Å². The Morgan fingerprint density at radius 3 is 2.35 bits per heavy atom. The third kappa shape index (κ3) is 2.32. The summed E-state index contributed by atoms with van der Waals surface area (Å²) >= 11 is 6.24. The number of carbonyl (C=O) groups excluding carboxylic acids is 1. The molecule has 102 valence electrons. The number of anilines is 1. The average Bonchev–Trinajstić information content (AvgIpc) is 3.23. The Morgan fingerprint density at radius 2 is 1.75 bits per heavy atom. The van der Waals surface area contributed by atoms with Gasteiger partial charge in [0.15, 0.2) is 0 Å². The fourth-order valence-electron chi connectivity index (χ4n) is 2.48. The number of amides is 1. The minimum absolute atomic E-state index is 0.0365. The number of nitrogens with one attached hydrogen (secondary N) is 1. The number of hydrogen-bond donors (Lipinski definition) is 1. The molecule has 0 saturated heterocycles. The van der Waals surface area contributed by atoms with Crippen molar-refractivity contribution in [1.82, 2.24) is 0 Å². The van der Waals surface area contributed by atoms with E-state index >= 15 is 0 Å². The van der Waals surface area contributed by atoms with Gasteiger partial charge in [0.25, 0.3) is 0 Å². The highest BCUT2D eigenvalue weighted by molar-refractivity contribution is 6.32. The summed E-state index contributed by atoms with van der Waals surface area (Å²) < 4.78 is 0. The van der Waals surface area contributed by atoms with E-state index in [-0.39, 0.29) is 5.91 Å². The lowest BCUT2D eigenvalue weighted by Crippen LogP contribution is -2.28. The van der Waals surface area contributed by atoms with Crippen LogP contribution < -0.4 is 5.32 Å². The van der Waals surface area contributed by atoms with Gasteiger partial charge in [0.2, 0.25) is 5.91 Å². The number of rotatable bonds is 3. The largest absolute Gasteiger partial charge is 0.325 e. The summed E-state index contributed by atoms with van der Waals surface area (Å²) in [7, 11) is 0. The van der Waals surface area contributed by atoms with Crippen LogP contribution >= 0.6 is 11.6 Å². The van der Waals surface area contributed by atoms with Crippen LogP contribution in [0.15, 0.2) is 48.5 Å². The fourth-order valence-corrected chi connectivity index (χ4v) is 2.80. The van der Waals surface area contributed by atoms with Crippen molar-refractivity contribution in [2.24, 2.45) is 0 Å². The van der Waals surface area contributed by atoms with Gasteiger partial charge < -0.3 is 5.32 Å². The molecule has 1 aliphatic rings. The van der Waals surface area contributed by atoms with Crippen LogP contribution in [0.1, 0.15) is 24.0 Å². The smallest absolute Gasteiger partial charge is 0.235 e. The lowest BCUT2D eigenvalue weighted by Gasteiger charge is -2.17. The highest BCUT2D eigenvalue weighted by Gasteiger charge is 2.52. The molecular formula is C17H16ClNO. The average molecular weight is 286 g/mol. The van der Waals surface area contributed by atoms with Crippen LogP contribution in [0.4, 0.5) is 5.69 Å². The molecule has 2 nitrogen and oxygen atoms in total. The van der Waals surface area contributed by atoms with Crippen LogP contribution in [-0.4, -0.2) is 5.91 Å². The Kier molecular flexibility index (Phi) is 3.27. The first-order valence-electron chi connectivity index (χ1n) is 6.75. The van der Waals surface area contributed by atoms with E-state index in [0.29, 0.717) is 5.02 Å². The fraction of sp³-hybridized carbons (Fsp3) is 0.235. The van der Waals surface area contributed by atoms with Crippen LogP contribution in [-0.2, 0) is 10.2 Å². The minimum Gasteiger partial charge on any atom is -0.325 e. The van der Waals surface area contributed by atoms with Gasteiger partial charge in [-0.2, -0.15) is 0 Å². The van der Waals surface area contributed by atoms with E-state index < -0.39 is 5.41 Å². The zero-order valence-electron chi connectivity index (χ0n) is 11.3. The molecule has 3 heteroatoms. The summed E-state index contributed by atoms with van der Waals surface area (Å²) in [5, 5.41) is 3.67. The predicted molar refractivity (Wildman–Crippen MR) is 82.2 cm³/mol. The van der Waals surface area contributed by atoms with E-state index in [2.05, 4.69) is 5.32 Å². The van der Waals surface area contributed by atoms with Gasteiger partial charge in [-0.25, -0.2) is 0 Å². The van der Waals surface area contributed by atoms with E-state index in [4.69, 9.17) is 11.6 Å². The maximum atomic E-state index is 12.6. The first-order chi connectivity index (χ1) is 9.62. The second-order valence-electron chi connectivity index (χ2n) is 5.38. The van der Waals surface area contributed by atoms with Crippen LogP contribution in [0.25, 0.3) is 0 Å². The maximum absolute atomic E-state index is 12.6. The zero-order chi connectivity index (χ0) is 14.2. The molecule has 0 bridgehead atoms. The molecule has 0 aromatic heterocycles. The normalized spacial score (nSPS) is 15.7. The molecule has 1 aliphatic carbocycles. The molecule has 0 unspecified atom stereocenters. The van der Waals surface area contributed by atoms with Crippen molar-refractivity contribution >= 4 is 23.2 Å². The van der Waals surface area contributed by atoms with Crippen molar-refractivity contribution in [2.45, 2.75) is 25.2 Å². The van der Waals surface area contributed by atoms with Crippen LogP contribution in [0, 0.1) is 6.92 Å². The van der Waals surface area contributed by atoms with E-state index in [1.54, 1.807) is 0 Å². The molecule has 0 spiro atoms. The predicted octanol–water partition coefficient (Wildman–Crippen LogP) is 4.32. The molecule has 1 saturated carbocycles. The van der Waals surface area contributed by atoms with Gasteiger partial charge in [-0.15, -0.1) is 0 Å². The number of halogens is 1. The second-order valence-corrected chi connectivity index (χ2v) is 5.79. The molecule has 20 heavy (non-hydrogen) atoms. The van der Waals surface area contributed by atoms with Crippen molar-refractivity contribution in [1.29, 1.82) is 0 Å². The van der Waals surface area contributed by atoms with E-state index in [0.717, 1.165) is 24.1 Å². The van der Waals surface area contributed by atoms with Crippen LogP contribution in [0.3, 0.4) is 0 Å². The van der Waals surface area contributed by atoms with Crippen molar-refractivity contribution in [3.8, 4) is 0 Å². The molecule has 2 aromatic carbocycles. The lowest BCUT2D eigenvalue weighted by atomic mass is 9.95. The summed E-state index contributed by atoms with van der Waals surface area (Å²) in [5.41, 5.74) is 2.50. The zero-order valence-corrected chi connectivity index (χ0v) is 12.1. The first-order valence-corrected chi connectivity index (χ1v) is 7.13. The molecule has 1 N–H and O–H groups in total. The summed E-state index contributed by atoms with van der Waals surface area (Å²) in [4.78, 5) is 12.6. The van der Waals surface area contributed by atoms with E-state index in [1.165, 1.54) is 5.56 Å². The molecule has 3 rings (SSSR count). The van der Waals surface area contributed by atoms with Crippen molar-refractivity contribution in [3.05, 3.63) is 64.7 Å². The van der Waals surface area contributed by atoms with Gasteiger partial charge in [0.1, 0.15) is 0 Å². The standard InChI is InChI=1S/C17H16ClNO/c1-12-6-8-13(9-7-12)19-16(20)17(10-11-17)14-4-2-3-5-15(14)18/h2-9H,10-11H2,1H3,(H,19,20). The molecule has 0 radical (unpaired) electrons. The third-order valence-corrected chi connectivity index (χ3v) is 4.21. The summed E-state index contributed by atoms with van der Waals surface area (Å²) in [6.07, 6.45) is 1.71. The SMILES string of the molecule is Cc1ccc(NC(=O)C2(c3ccccc3Cl)CC2)cc1. The van der Waals surface area contributed by atoms with Crippen LogP contribution in [0.5, 0.6) is 0 Å². The summed E-state index contributed by atoms with van der Waals surface area (Å²) in [6.45, 7) is 2.03. The van der Waals surface area contributed by atoms with Gasteiger partial charge in [-0.05, 0) is 43.5 Å². The van der Waals surface area contributed by atoms with Gasteiger partial charge in [-0.3, -0.25) is 4.79 Å². The van der Waals surface area contributed by atoms with Crippen molar-refractivity contribution in [2.75, 3.05) is 5.32 Å². The highest BCUT2D eigenvalue weighted by atomic mass is 35.5. The molecular weight excluding hydrogens is 270 g/mol.